The minimum atomic E-state index is -0.0170. The Balaban J connectivity index is 1.35. The van der Waals surface area contributed by atoms with Crippen LogP contribution in [-0.2, 0) is 11.2 Å². The fourth-order valence-electron chi connectivity index (χ4n) is 3.28. The van der Waals surface area contributed by atoms with Crippen LogP contribution in [-0.4, -0.2) is 29.8 Å². The maximum Gasteiger partial charge on any atom is 0.224 e. The smallest absolute Gasteiger partial charge is 0.224 e. The molecule has 0 aliphatic carbocycles. The summed E-state index contributed by atoms with van der Waals surface area (Å²) in [7, 11) is 0. The summed E-state index contributed by atoms with van der Waals surface area (Å²) in [5.74, 6) is 2.20. The summed E-state index contributed by atoms with van der Waals surface area (Å²) in [4.78, 5) is 21.1. The molecule has 0 bridgehead atoms. The molecule has 0 spiro atoms. The number of aliphatic imine (C=N–C) groups is 1. The number of aryl methyl sites for hydroxylation is 2. The van der Waals surface area contributed by atoms with Gasteiger partial charge in [-0.15, -0.1) is 0 Å². The number of carbonyl (C=O) groups is 1. The molecule has 0 atom stereocenters. The average Bonchev–Trinajstić information content (AvgIpc) is 3.31. The van der Waals surface area contributed by atoms with Gasteiger partial charge in [0, 0.05) is 35.4 Å². The van der Waals surface area contributed by atoms with E-state index in [1.54, 1.807) is 6.20 Å². The number of nitrogens with one attached hydrogen (secondary N) is 2. The summed E-state index contributed by atoms with van der Waals surface area (Å²) in [6.07, 6.45) is 2.73. The van der Waals surface area contributed by atoms with E-state index in [4.69, 9.17) is 4.74 Å². The number of pyridine rings is 1. The van der Waals surface area contributed by atoms with E-state index in [1.807, 2.05) is 61.5 Å². The van der Waals surface area contributed by atoms with E-state index in [0.717, 1.165) is 51.7 Å². The summed E-state index contributed by atoms with van der Waals surface area (Å²) < 4.78 is 7.04. The molecule has 2 heterocycles. The molecule has 0 unspecified atom stereocenters. The Labute approximate surface area is 189 Å². The Hall–Kier alpha value is -3.19. The third-order valence-corrected chi connectivity index (χ3v) is 5.75. The van der Waals surface area contributed by atoms with Gasteiger partial charge in [-0.25, -0.2) is 0 Å². The molecule has 1 amide bonds. The van der Waals surface area contributed by atoms with Crippen LogP contribution in [0.25, 0.3) is 0 Å². The number of nitrogens with zero attached hydrogens (tertiary/aromatic N) is 2. The highest BCUT2D eigenvalue weighted by atomic mass is 79.9. The van der Waals surface area contributed by atoms with Crippen LogP contribution in [0, 0.1) is 6.92 Å². The number of amides is 1. The number of anilines is 1. The third kappa shape index (κ3) is 5.70. The molecule has 1 aliphatic heterocycles. The lowest BCUT2D eigenvalue weighted by Gasteiger charge is -2.10. The Bertz CT molecular complexity index is 1130. The van der Waals surface area contributed by atoms with Gasteiger partial charge >= 0.3 is 0 Å². The molecule has 2 N–H and O–H groups in total. The number of hydrogen-bond donors (Lipinski definition) is 2. The largest absolute Gasteiger partial charge is 0.457 e. The minimum absolute atomic E-state index is 0.0170. The van der Waals surface area contributed by atoms with Crippen molar-refractivity contribution in [2.75, 3.05) is 18.4 Å². The van der Waals surface area contributed by atoms with E-state index in [2.05, 4.69) is 36.5 Å². The highest BCUT2D eigenvalue weighted by Crippen LogP contribution is 2.24. The van der Waals surface area contributed by atoms with Crippen molar-refractivity contribution in [1.82, 2.24) is 10.3 Å². The maximum absolute atomic E-state index is 12.3. The molecular formula is C24H23BrN4O2. The van der Waals surface area contributed by atoms with Crippen LogP contribution in [0.1, 0.15) is 23.2 Å². The molecule has 1 aromatic heterocycles. The number of halogens is 1. The Kier molecular flexibility index (Phi) is 6.62. The number of carbonyl (C=O) groups excluding carboxylic acids is 1. The van der Waals surface area contributed by atoms with Gasteiger partial charge in [-0.3, -0.25) is 14.8 Å². The van der Waals surface area contributed by atoms with E-state index in [0.29, 0.717) is 18.6 Å². The molecule has 31 heavy (non-hydrogen) atoms. The van der Waals surface area contributed by atoms with Crippen molar-refractivity contribution in [1.29, 1.82) is 0 Å². The molecule has 2 aromatic carbocycles. The second-order valence-electron chi connectivity index (χ2n) is 7.30. The molecule has 4 rings (SSSR count). The standard InChI is InChI=1S/C24H23BrN4O2/c1-16-13-18(6-7-21(16)25)29-23(30)8-5-17-3-2-4-19(14-17)31-20-9-10-26-22(15-20)24-27-11-12-28-24/h2-4,6-7,9-10,13-15H,5,8,11-12H2,1H3,(H,27,28)(H,29,30). The van der Waals surface area contributed by atoms with Crippen LogP contribution in [0.2, 0.25) is 0 Å². The van der Waals surface area contributed by atoms with Gasteiger partial charge in [0.2, 0.25) is 5.91 Å². The van der Waals surface area contributed by atoms with E-state index < -0.39 is 0 Å². The van der Waals surface area contributed by atoms with E-state index in [1.165, 1.54) is 0 Å². The van der Waals surface area contributed by atoms with Crippen molar-refractivity contribution in [3.05, 3.63) is 82.1 Å². The molecule has 7 heteroatoms. The highest BCUT2D eigenvalue weighted by molar-refractivity contribution is 9.10. The maximum atomic E-state index is 12.3. The van der Waals surface area contributed by atoms with Crippen LogP contribution < -0.4 is 15.4 Å². The van der Waals surface area contributed by atoms with E-state index in [9.17, 15) is 4.79 Å². The molecule has 0 saturated carbocycles. The van der Waals surface area contributed by atoms with Crippen molar-refractivity contribution in [3.63, 3.8) is 0 Å². The first kappa shape index (κ1) is 21.1. The SMILES string of the molecule is Cc1cc(NC(=O)CCc2cccc(Oc3ccnc(C4=NCCN4)c3)c2)ccc1Br. The normalized spacial score (nSPS) is 12.8. The van der Waals surface area contributed by atoms with Crippen molar-refractivity contribution < 1.29 is 9.53 Å². The molecule has 6 nitrogen and oxygen atoms in total. The van der Waals surface area contributed by atoms with Gasteiger partial charge in [0.15, 0.2) is 0 Å². The number of benzene rings is 2. The first-order chi connectivity index (χ1) is 15.1. The number of aromatic nitrogens is 1. The molecule has 1 aliphatic rings. The fraction of sp³-hybridized carbons (Fsp3) is 0.208. The third-order valence-electron chi connectivity index (χ3n) is 4.86. The fourth-order valence-corrected chi connectivity index (χ4v) is 3.52. The average molecular weight is 479 g/mol. The first-order valence-electron chi connectivity index (χ1n) is 10.1. The Morgan fingerprint density at radius 2 is 2.03 bits per heavy atom. The summed E-state index contributed by atoms with van der Waals surface area (Å²) in [6.45, 7) is 3.59. The molecule has 158 valence electrons. The van der Waals surface area contributed by atoms with Crippen molar-refractivity contribution in [3.8, 4) is 11.5 Å². The molecule has 0 radical (unpaired) electrons. The summed E-state index contributed by atoms with van der Waals surface area (Å²) in [6, 6.07) is 17.3. The second kappa shape index (κ2) is 9.75. The zero-order valence-electron chi connectivity index (χ0n) is 17.2. The second-order valence-corrected chi connectivity index (χ2v) is 8.15. The highest BCUT2D eigenvalue weighted by Gasteiger charge is 2.11. The molecular weight excluding hydrogens is 456 g/mol. The van der Waals surface area contributed by atoms with Crippen LogP contribution in [0.15, 0.2) is 70.3 Å². The lowest BCUT2D eigenvalue weighted by atomic mass is 10.1. The summed E-state index contributed by atoms with van der Waals surface area (Å²) >= 11 is 3.47. The Morgan fingerprint density at radius 3 is 2.84 bits per heavy atom. The number of hydrogen-bond acceptors (Lipinski definition) is 5. The topological polar surface area (TPSA) is 75.6 Å². The van der Waals surface area contributed by atoms with Gasteiger partial charge < -0.3 is 15.4 Å². The van der Waals surface area contributed by atoms with Gasteiger partial charge in [0.25, 0.3) is 0 Å². The van der Waals surface area contributed by atoms with Crippen molar-refractivity contribution in [2.45, 2.75) is 19.8 Å². The van der Waals surface area contributed by atoms with Crippen LogP contribution in [0.3, 0.4) is 0 Å². The van der Waals surface area contributed by atoms with Crippen molar-refractivity contribution >= 4 is 33.4 Å². The van der Waals surface area contributed by atoms with E-state index >= 15 is 0 Å². The summed E-state index contributed by atoms with van der Waals surface area (Å²) in [5.41, 5.74) is 3.69. The van der Waals surface area contributed by atoms with Crippen LogP contribution in [0.5, 0.6) is 11.5 Å². The van der Waals surface area contributed by atoms with Gasteiger partial charge in [0.05, 0.1) is 6.54 Å². The number of amidine groups is 1. The quantitative estimate of drug-likeness (QED) is 0.507. The van der Waals surface area contributed by atoms with Crippen LogP contribution in [0.4, 0.5) is 5.69 Å². The lowest BCUT2D eigenvalue weighted by Crippen LogP contribution is -2.20. The van der Waals surface area contributed by atoms with Crippen molar-refractivity contribution in [2.24, 2.45) is 4.99 Å². The van der Waals surface area contributed by atoms with Gasteiger partial charge in [-0.1, -0.05) is 28.1 Å². The van der Waals surface area contributed by atoms with Gasteiger partial charge in [0.1, 0.15) is 23.0 Å². The molecule has 0 fully saturated rings. The minimum Gasteiger partial charge on any atom is -0.457 e. The molecule has 3 aromatic rings. The number of rotatable bonds is 7. The summed E-state index contributed by atoms with van der Waals surface area (Å²) in [5, 5.41) is 6.17. The predicted molar refractivity (Wildman–Crippen MR) is 126 cm³/mol. The first-order valence-corrected chi connectivity index (χ1v) is 10.9. The van der Waals surface area contributed by atoms with Gasteiger partial charge in [-0.2, -0.15) is 0 Å². The zero-order valence-corrected chi connectivity index (χ0v) is 18.8. The Morgan fingerprint density at radius 1 is 1.16 bits per heavy atom. The number of ether oxygens (including phenoxy) is 1. The predicted octanol–water partition coefficient (Wildman–Crippen LogP) is 4.87. The van der Waals surface area contributed by atoms with E-state index in [-0.39, 0.29) is 5.91 Å². The zero-order chi connectivity index (χ0) is 21.6. The molecule has 0 saturated heterocycles. The monoisotopic (exact) mass is 478 g/mol. The lowest BCUT2D eigenvalue weighted by molar-refractivity contribution is -0.116. The van der Waals surface area contributed by atoms with Crippen LogP contribution >= 0.6 is 15.9 Å². The van der Waals surface area contributed by atoms with Gasteiger partial charge in [-0.05, 0) is 60.9 Å².